The van der Waals surface area contributed by atoms with Crippen LogP contribution in [-0.2, 0) is 16.0 Å². The monoisotopic (exact) mass is 549 g/mol. The number of carbonyl (C=O) groups excluding carboxylic acids is 1. The zero-order chi connectivity index (χ0) is 27.9. The van der Waals surface area contributed by atoms with E-state index in [1.165, 1.54) is 11.8 Å². The third-order valence-electron chi connectivity index (χ3n) is 6.78. The number of aliphatic hydroxyl groups excluding tert-OH is 5. The lowest BCUT2D eigenvalue weighted by Gasteiger charge is -2.40. The van der Waals surface area contributed by atoms with Gasteiger partial charge in [0.05, 0.1) is 25.4 Å². The van der Waals surface area contributed by atoms with E-state index in [4.69, 9.17) is 9.47 Å². The van der Waals surface area contributed by atoms with Gasteiger partial charge in [0.15, 0.2) is 0 Å². The number of benzene rings is 2. The minimum atomic E-state index is -1.29. The van der Waals surface area contributed by atoms with E-state index in [1.807, 2.05) is 49.4 Å². The number of carbonyl (C=O) groups is 1. The molecule has 210 valence electrons. The van der Waals surface area contributed by atoms with Gasteiger partial charge in [-0.25, -0.2) is 0 Å². The molecular formula is C28H39NO8S. The second kappa shape index (κ2) is 13.7. The maximum absolute atomic E-state index is 12.0. The largest absolute Gasteiger partial charge is 0.494 e. The Bertz CT molecular complexity index is 1040. The first-order valence-corrected chi connectivity index (χ1v) is 14.0. The van der Waals surface area contributed by atoms with Crippen molar-refractivity contribution in [2.45, 2.75) is 68.5 Å². The van der Waals surface area contributed by atoms with Gasteiger partial charge >= 0.3 is 0 Å². The standard InChI is InChI=1S/C28H39NO8S/c1-17-6-9-19(26-24(34)23(33)25(35)27(37-26)38-3)14-20(17)13-18-7-10-21(11-8-18)36-12-4-5-22(32)29-28(2,15-30)16-31/h6-11,14,23-27,30-31,33-35H,4-5,12-13,15-16H2,1-3H3,(H,29,32)/t23-,24-,25+,26+,27-/m1/s1. The number of aliphatic hydroxyl groups is 5. The van der Waals surface area contributed by atoms with Gasteiger partial charge in [-0.1, -0.05) is 30.3 Å². The van der Waals surface area contributed by atoms with Crippen molar-refractivity contribution < 1.29 is 39.8 Å². The number of ether oxygens (including phenoxy) is 2. The van der Waals surface area contributed by atoms with Crippen molar-refractivity contribution in [2.75, 3.05) is 26.1 Å². The Labute approximate surface area is 227 Å². The number of hydrogen-bond acceptors (Lipinski definition) is 9. The summed E-state index contributed by atoms with van der Waals surface area (Å²) in [6.07, 6.45) is -1.29. The van der Waals surface area contributed by atoms with Crippen molar-refractivity contribution in [2.24, 2.45) is 0 Å². The molecule has 6 N–H and O–H groups in total. The molecule has 1 saturated heterocycles. The molecule has 0 aliphatic carbocycles. The molecule has 0 bridgehead atoms. The van der Waals surface area contributed by atoms with Crippen molar-refractivity contribution in [1.82, 2.24) is 5.32 Å². The number of nitrogens with one attached hydrogen (secondary N) is 1. The average Bonchev–Trinajstić information content (AvgIpc) is 2.92. The highest BCUT2D eigenvalue weighted by molar-refractivity contribution is 7.99. The molecule has 1 aliphatic rings. The van der Waals surface area contributed by atoms with Crippen LogP contribution in [0, 0.1) is 6.92 Å². The first kappa shape index (κ1) is 30.4. The fourth-order valence-electron chi connectivity index (χ4n) is 4.25. The molecule has 38 heavy (non-hydrogen) atoms. The molecule has 0 aromatic heterocycles. The molecule has 0 saturated carbocycles. The minimum Gasteiger partial charge on any atom is -0.494 e. The Morgan fingerprint density at radius 2 is 1.74 bits per heavy atom. The summed E-state index contributed by atoms with van der Waals surface area (Å²) in [5.41, 5.74) is 2.27. The van der Waals surface area contributed by atoms with Crippen LogP contribution >= 0.6 is 11.8 Å². The van der Waals surface area contributed by atoms with E-state index in [2.05, 4.69) is 5.32 Å². The Morgan fingerprint density at radius 3 is 2.37 bits per heavy atom. The first-order valence-electron chi connectivity index (χ1n) is 12.7. The summed E-state index contributed by atoms with van der Waals surface area (Å²) >= 11 is 1.29. The summed E-state index contributed by atoms with van der Waals surface area (Å²) in [7, 11) is 0. The fraction of sp³-hybridized carbons (Fsp3) is 0.536. The highest BCUT2D eigenvalue weighted by Gasteiger charge is 2.44. The van der Waals surface area contributed by atoms with Crippen LogP contribution in [0.25, 0.3) is 0 Å². The van der Waals surface area contributed by atoms with Gasteiger partial charge in [-0.3, -0.25) is 4.79 Å². The Kier molecular flexibility index (Phi) is 11.0. The van der Waals surface area contributed by atoms with Crippen LogP contribution in [0.5, 0.6) is 5.75 Å². The highest BCUT2D eigenvalue weighted by atomic mass is 32.2. The maximum Gasteiger partial charge on any atom is 0.220 e. The van der Waals surface area contributed by atoms with Crippen LogP contribution in [0.15, 0.2) is 42.5 Å². The van der Waals surface area contributed by atoms with Crippen LogP contribution < -0.4 is 10.1 Å². The molecule has 1 fully saturated rings. The van der Waals surface area contributed by atoms with Crippen LogP contribution in [0.4, 0.5) is 0 Å². The van der Waals surface area contributed by atoms with Crippen molar-refractivity contribution in [3.8, 4) is 5.75 Å². The third-order valence-corrected chi connectivity index (χ3v) is 7.63. The number of amides is 1. The number of hydrogen-bond donors (Lipinski definition) is 6. The van der Waals surface area contributed by atoms with Crippen molar-refractivity contribution in [1.29, 1.82) is 0 Å². The second-order valence-electron chi connectivity index (χ2n) is 10.0. The predicted octanol–water partition coefficient (Wildman–Crippen LogP) is 1.45. The van der Waals surface area contributed by atoms with Gasteiger partial charge in [0.2, 0.25) is 5.91 Å². The zero-order valence-corrected chi connectivity index (χ0v) is 22.9. The summed E-state index contributed by atoms with van der Waals surface area (Å²) in [6, 6.07) is 13.5. The topological polar surface area (TPSA) is 149 Å². The quantitative estimate of drug-likeness (QED) is 0.216. The highest BCUT2D eigenvalue weighted by Crippen LogP contribution is 2.36. The Hall–Kier alpha value is -2.18. The van der Waals surface area contributed by atoms with Crippen molar-refractivity contribution in [3.63, 3.8) is 0 Å². The summed E-state index contributed by atoms with van der Waals surface area (Å²) < 4.78 is 11.7. The van der Waals surface area contributed by atoms with Crippen LogP contribution in [-0.4, -0.2) is 86.8 Å². The molecule has 9 nitrogen and oxygen atoms in total. The summed E-state index contributed by atoms with van der Waals surface area (Å²) in [5.74, 6) is 0.428. The maximum atomic E-state index is 12.0. The smallest absolute Gasteiger partial charge is 0.220 e. The van der Waals surface area contributed by atoms with E-state index in [0.717, 1.165) is 22.3 Å². The van der Waals surface area contributed by atoms with Gasteiger partial charge in [0, 0.05) is 6.42 Å². The SMILES string of the molecule is CS[C@H]1O[C@@H](c2ccc(C)c(Cc3ccc(OCCCC(=O)NC(C)(CO)CO)cc3)c2)[C@H](O)[C@@H](O)[C@@H]1O. The van der Waals surface area contributed by atoms with Crippen molar-refractivity contribution >= 4 is 17.7 Å². The Balaban J connectivity index is 1.56. The van der Waals surface area contributed by atoms with Crippen LogP contribution in [0.1, 0.15) is 48.1 Å². The molecule has 0 spiro atoms. The van der Waals surface area contributed by atoms with E-state index < -0.39 is 35.4 Å². The minimum absolute atomic E-state index is 0.219. The lowest BCUT2D eigenvalue weighted by atomic mass is 9.91. The summed E-state index contributed by atoms with van der Waals surface area (Å²) in [5, 5.41) is 52.1. The lowest BCUT2D eigenvalue weighted by molar-refractivity contribution is -0.200. The molecule has 1 heterocycles. The second-order valence-corrected chi connectivity index (χ2v) is 11.0. The lowest BCUT2D eigenvalue weighted by Crippen LogP contribution is -2.52. The molecule has 1 amide bonds. The first-order chi connectivity index (χ1) is 18.1. The van der Waals surface area contributed by atoms with Gasteiger partial charge in [-0.05, 0) is 67.3 Å². The predicted molar refractivity (Wildman–Crippen MR) is 145 cm³/mol. The van der Waals surface area contributed by atoms with E-state index in [1.54, 1.807) is 13.2 Å². The zero-order valence-electron chi connectivity index (χ0n) is 22.0. The molecule has 10 heteroatoms. The van der Waals surface area contributed by atoms with Crippen LogP contribution in [0.3, 0.4) is 0 Å². The molecular weight excluding hydrogens is 510 g/mol. The molecule has 3 rings (SSSR count). The van der Waals surface area contributed by atoms with E-state index in [9.17, 15) is 30.3 Å². The third kappa shape index (κ3) is 7.69. The Morgan fingerprint density at radius 1 is 1.05 bits per heavy atom. The number of rotatable bonds is 12. The number of thioether (sulfide) groups is 1. The van der Waals surface area contributed by atoms with E-state index in [-0.39, 0.29) is 25.5 Å². The molecule has 2 aromatic carbocycles. The van der Waals surface area contributed by atoms with E-state index >= 15 is 0 Å². The fourth-order valence-corrected chi connectivity index (χ4v) is 4.92. The van der Waals surface area contributed by atoms with Crippen LogP contribution in [0.2, 0.25) is 0 Å². The number of aryl methyl sites for hydroxylation is 1. The van der Waals surface area contributed by atoms with Gasteiger partial charge in [0.1, 0.15) is 35.6 Å². The van der Waals surface area contributed by atoms with Crippen molar-refractivity contribution in [3.05, 3.63) is 64.7 Å². The van der Waals surface area contributed by atoms with Gasteiger partial charge in [-0.15, -0.1) is 11.8 Å². The molecule has 0 unspecified atom stereocenters. The van der Waals surface area contributed by atoms with Gasteiger partial charge in [-0.2, -0.15) is 0 Å². The average molecular weight is 550 g/mol. The van der Waals surface area contributed by atoms with E-state index in [0.29, 0.717) is 25.2 Å². The molecule has 5 atom stereocenters. The summed E-state index contributed by atoms with van der Waals surface area (Å²) in [6.45, 7) is 3.25. The molecule has 2 aromatic rings. The summed E-state index contributed by atoms with van der Waals surface area (Å²) in [4.78, 5) is 12.0. The van der Waals surface area contributed by atoms with Gasteiger partial charge in [0.25, 0.3) is 0 Å². The molecule has 0 radical (unpaired) electrons. The molecule has 1 aliphatic heterocycles. The van der Waals surface area contributed by atoms with Gasteiger partial charge < -0.3 is 40.3 Å². The normalized spacial score (nSPS) is 23.7.